The summed E-state index contributed by atoms with van der Waals surface area (Å²) in [5.41, 5.74) is 9.28. The number of hydrogen-bond donors (Lipinski definition) is 4. The Balaban J connectivity index is 1.36. The van der Waals surface area contributed by atoms with Gasteiger partial charge in [-0.15, -0.1) is 0 Å². The van der Waals surface area contributed by atoms with Crippen molar-refractivity contribution in [3.63, 3.8) is 0 Å². The lowest BCUT2D eigenvalue weighted by molar-refractivity contribution is 0.100. The van der Waals surface area contributed by atoms with E-state index in [1.54, 1.807) is 30.3 Å². The van der Waals surface area contributed by atoms with Gasteiger partial charge in [0, 0.05) is 23.2 Å². The van der Waals surface area contributed by atoms with Crippen LogP contribution in [0.5, 0.6) is 0 Å². The number of H-pyrrole nitrogens is 1. The molecule has 8 nitrogen and oxygen atoms in total. The van der Waals surface area contributed by atoms with Crippen LogP contribution in [0.4, 0.5) is 27.7 Å². The number of benzene rings is 2. The highest BCUT2D eigenvalue weighted by Crippen LogP contribution is 2.40. The van der Waals surface area contributed by atoms with Gasteiger partial charge in [0.25, 0.3) is 0 Å². The van der Waals surface area contributed by atoms with E-state index < -0.39 is 11.7 Å². The van der Waals surface area contributed by atoms with Gasteiger partial charge < -0.3 is 16.4 Å². The number of aromatic nitrogens is 4. The summed E-state index contributed by atoms with van der Waals surface area (Å²) < 4.78 is 15.0. The summed E-state index contributed by atoms with van der Waals surface area (Å²) in [5, 5.41) is 13.6. The molecule has 5 rings (SSSR count). The Bertz CT molecular complexity index is 1380. The number of nitrogens with zero attached hydrogens (tertiary/aromatic N) is 3. The maximum Gasteiger partial charge on any atom is 0.248 e. The topological polar surface area (TPSA) is 122 Å². The molecule has 2 aromatic heterocycles. The second kappa shape index (κ2) is 8.75. The Hall–Kier alpha value is -3.98. The summed E-state index contributed by atoms with van der Waals surface area (Å²) in [6.45, 7) is 1.87. The summed E-state index contributed by atoms with van der Waals surface area (Å²) in [7, 11) is 0. The van der Waals surface area contributed by atoms with Gasteiger partial charge in [-0.05, 0) is 60.7 Å². The smallest absolute Gasteiger partial charge is 0.248 e. The molecule has 1 aliphatic rings. The van der Waals surface area contributed by atoms with Crippen LogP contribution in [0.15, 0.2) is 48.7 Å². The van der Waals surface area contributed by atoms with Crippen molar-refractivity contribution in [2.45, 2.75) is 25.7 Å². The average molecular weight is 478 g/mol. The minimum absolute atomic E-state index is 0.182. The van der Waals surface area contributed by atoms with Gasteiger partial charge >= 0.3 is 0 Å². The molecule has 10 heteroatoms. The van der Waals surface area contributed by atoms with Gasteiger partial charge in [0.1, 0.15) is 10.8 Å². The predicted octanol–water partition coefficient (Wildman–Crippen LogP) is 5.43. The monoisotopic (exact) mass is 477 g/mol. The molecule has 4 aromatic rings. The van der Waals surface area contributed by atoms with Crippen molar-refractivity contribution in [3.8, 4) is 11.1 Å². The number of nitrogens with two attached hydrogens (primary N) is 1. The van der Waals surface area contributed by atoms with Crippen LogP contribution in [0.25, 0.3) is 11.1 Å². The fourth-order valence-electron chi connectivity index (χ4n) is 3.66. The number of carbonyl (C=O) groups excluding carboxylic acids is 1. The number of carbonyl (C=O) groups is 1. The predicted molar refractivity (Wildman–Crippen MR) is 129 cm³/mol. The third-order valence-electron chi connectivity index (χ3n) is 5.65. The van der Waals surface area contributed by atoms with E-state index in [1.807, 2.05) is 13.0 Å². The zero-order valence-electron chi connectivity index (χ0n) is 18.2. The largest absolute Gasteiger partial charge is 0.366 e. The van der Waals surface area contributed by atoms with Crippen LogP contribution in [0, 0.1) is 12.7 Å². The number of aryl methyl sites for hydroxylation is 1. The van der Waals surface area contributed by atoms with Crippen LogP contribution in [-0.2, 0) is 0 Å². The molecule has 0 saturated heterocycles. The second-order valence-electron chi connectivity index (χ2n) is 8.21. The van der Waals surface area contributed by atoms with E-state index >= 15 is 0 Å². The summed E-state index contributed by atoms with van der Waals surface area (Å²) in [4.78, 5) is 19.8. The molecule has 172 valence electrons. The van der Waals surface area contributed by atoms with E-state index in [-0.39, 0.29) is 11.6 Å². The van der Waals surface area contributed by atoms with E-state index in [4.69, 9.17) is 17.3 Å². The number of hydrogen-bond acceptors (Lipinski definition) is 6. The molecule has 1 fully saturated rings. The second-order valence-corrected chi connectivity index (χ2v) is 8.62. The first kappa shape index (κ1) is 21.8. The SMILES string of the molecule is Cc1cc(Nc2ncc(Cl)c(Nc3cc(C4CC4)[nH]n3)n2)c(F)cc1-c1ccc(C(N)=O)cc1. The fourth-order valence-corrected chi connectivity index (χ4v) is 3.80. The highest BCUT2D eigenvalue weighted by atomic mass is 35.5. The van der Waals surface area contributed by atoms with Crippen LogP contribution < -0.4 is 16.4 Å². The fraction of sp³-hybridized carbons (Fsp3) is 0.167. The van der Waals surface area contributed by atoms with Gasteiger partial charge in [-0.1, -0.05) is 23.7 Å². The van der Waals surface area contributed by atoms with Crippen molar-refractivity contribution in [3.05, 3.63) is 76.3 Å². The molecule has 34 heavy (non-hydrogen) atoms. The van der Waals surface area contributed by atoms with Crippen molar-refractivity contribution < 1.29 is 9.18 Å². The summed E-state index contributed by atoms with van der Waals surface area (Å²) >= 11 is 6.25. The molecular weight excluding hydrogens is 457 g/mol. The Morgan fingerprint density at radius 1 is 1.18 bits per heavy atom. The van der Waals surface area contributed by atoms with E-state index in [1.165, 1.54) is 12.3 Å². The Kier molecular flexibility index (Phi) is 5.62. The lowest BCUT2D eigenvalue weighted by Gasteiger charge is -2.13. The van der Waals surface area contributed by atoms with Crippen molar-refractivity contribution in [2.24, 2.45) is 5.73 Å². The quantitative estimate of drug-likeness (QED) is 0.281. The molecule has 0 spiro atoms. The van der Waals surface area contributed by atoms with Crippen molar-refractivity contribution in [2.75, 3.05) is 10.6 Å². The van der Waals surface area contributed by atoms with Crippen molar-refractivity contribution in [1.82, 2.24) is 20.2 Å². The molecule has 0 bridgehead atoms. The molecule has 1 amide bonds. The first-order valence-electron chi connectivity index (χ1n) is 10.7. The maximum absolute atomic E-state index is 15.0. The first-order chi connectivity index (χ1) is 16.4. The maximum atomic E-state index is 15.0. The third kappa shape index (κ3) is 4.55. The zero-order chi connectivity index (χ0) is 23.8. The Labute approximate surface area is 199 Å². The van der Waals surface area contributed by atoms with Gasteiger partial charge in [0.05, 0.1) is 11.9 Å². The van der Waals surface area contributed by atoms with Crippen LogP contribution in [-0.4, -0.2) is 26.1 Å². The van der Waals surface area contributed by atoms with Gasteiger partial charge in [-0.3, -0.25) is 9.89 Å². The molecular formula is C24H21ClFN7O. The van der Waals surface area contributed by atoms with Crippen molar-refractivity contribution in [1.29, 1.82) is 0 Å². The zero-order valence-corrected chi connectivity index (χ0v) is 18.9. The van der Waals surface area contributed by atoms with E-state index in [0.29, 0.717) is 33.7 Å². The van der Waals surface area contributed by atoms with Gasteiger partial charge in [-0.25, -0.2) is 9.37 Å². The molecule has 0 unspecified atom stereocenters. The minimum atomic E-state index is -0.513. The van der Waals surface area contributed by atoms with E-state index in [2.05, 4.69) is 30.8 Å². The number of anilines is 4. The molecule has 2 heterocycles. The standard InChI is InChI=1S/C24H21ClFN7O/c1-12-8-20(18(26)9-16(12)13-2-6-15(7-3-13)22(27)34)29-24-28-11-17(25)23(31-24)30-21-10-19(32-33-21)14-4-5-14/h2-3,6-11,14H,4-5H2,1H3,(H2,27,34)(H3,28,29,30,31,32,33). The third-order valence-corrected chi connectivity index (χ3v) is 5.92. The lowest BCUT2D eigenvalue weighted by atomic mass is 9.98. The van der Waals surface area contributed by atoms with E-state index in [9.17, 15) is 9.18 Å². The molecule has 0 radical (unpaired) electrons. The number of amides is 1. The normalized spacial score (nSPS) is 13.0. The van der Waals surface area contributed by atoms with Crippen molar-refractivity contribution >= 4 is 40.8 Å². The Morgan fingerprint density at radius 3 is 2.65 bits per heavy atom. The van der Waals surface area contributed by atoms with Gasteiger partial charge in [0.15, 0.2) is 11.6 Å². The van der Waals surface area contributed by atoms with Crippen LogP contribution in [0.2, 0.25) is 5.02 Å². The number of primary amides is 1. The number of halogens is 2. The highest BCUT2D eigenvalue weighted by molar-refractivity contribution is 6.32. The van der Waals surface area contributed by atoms with Crippen LogP contribution in [0.1, 0.15) is 40.4 Å². The number of nitrogens with one attached hydrogen (secondary N) is 3. The molecule has 0 atom stereocenters. The van der Waals surface area contributed by atoms with Gasteiger partial charge in [0.2, 0.25) is 11.9 Å². The Morgan fingerprint density at radius 2 is 1.94 bits per heavy atom. The van der Waals surface area contributed by atoms with Crippen LogP contribution in [0.3, 0.4) is 0 Å². The molecule has 0 aliphatic heterocycles. The average Bonchev–Trinajstić information content (AvgIpc) is 3.57. The number of aromatic amines is 1. The van der Waals surface area contributed by atoms with Gasteiger partial charge in [-0.2, -0.15) is 10.1 Å². The molecule has 1 aliphatic carbocycles. The molecule has 1 saturated carbocycles. The minimum Gasteiger partial charge on any atom is -0.366 e. The van der Waals surface area contributed by atoms with E-state index in [0.717, 1.165) is 29.7 Å². The highest BCUT2D eigenvalue weighted by Gasteiger charge is 2.25. The number of rotatable bonds is 7. The molecule has 5 N–H and O–H groups in total. The summed E-state index contributed by atoms with van der Waals surface area (Å²) in [6, 6.07) is 11.7. The summed E-state index contributed by atoms with van der Waals surface area (Å²) in [5.74, 6) is 0.687. The van der Waals surface area contributed by atoms with Crippen LogP contribution >= 0.6 is 11.6 Å². The lowest BCUT2D eigenvalue weighted by Crippen LogP contribution is -2.10. The molecule has 2 aromatic carbocycles. The summed E-state index contributed by atoms with van der Waals surface area (Å²) in [6.07, 6.45) is 3.76. The first-order valence-corrected chi connectivity index (χ1v) is 11.1.